The van der Waals surface area contributed by atoms with Crippen LogP contribution in [0.2, 0.25) is 5.02 Å². The minimum Gasteiger partial charge on any atom is -0.481 e. The maximum Gasteiger partial charge on any atom is 0.229 e. The first-order chi connectivity index (χ1) is 18.2. The van der Waals surface area contributed by atoms with Crippen LogP contribution in [0.4, 0.5) is 29.0 Å². The number of piperazine rings is 1. The Morgan fingerprint density at radius 1 is 1.13 bits per heavy atom. The maximum atomic E-state index is 12.0. The molecule has 1 aromatic carbocycles. The lowest BCUT2D eigenvalue weighted by molar-refractivity contribution is -0.129. The third-order valence-corrected chi connectivity index (χ3v) is 6.43. The number of pyridine rings is 1. The van der Waals surface area contributed by atoms with Crippen LogP contribution in [-0.2, 0) is 16.0 Å². The van der Waals surface area contributed by atoms with E-state index in [-0.39, 0.29) is 18.1 Å². The Balaban J connectivity index is 1.56. The number of aryl methyl sites for hydroxylation is 1. The first kappa shape index (κ1) is 26.9. The van der Waals surface area contributed by atoms with Gasteiger partial charge in [-0.2, -0.15) is 9.97 Å². The van der Waals surface area contributed by atoms with Gasteiger partial charge in [-0.05, 0) is 24.6 Å². The van der Waals surface area contributed by atoms with Crippen molar-refractivity contribution in [1.82, 2.24) is 19.9 Å². The first-order valence-electron chi connectivity index (χ1n) is 12.1. The minimum absolute atomic E-state index is 0.0694. The zero-order valence-corrected chi connectivity index (χ0v) is 22.4. The molecule has 0 saturated carbocycles. The lowest BCUT2D eigenvalue weighted by Gasteiger charge is -2.35. The number of hydrogen-bond donors (Lipinski definition) is 2. The lowest BCUT2D eigenvalue weighted by atomic mass is 10.0. The fourth-order valence-corrected chi connectivity index (χ4v) is 4.24. The molecule has 0 spiro atoms. The van der Waals surface area contributed by atoms with E-state index in [1.54, 1.807) is 20.1 Å². The van der Waals surface area contributed by atoms with Gasteiger partial charge in [-0.3, -0.25) is 9.59 Å². The fourth-order valence-electron chi connectivity index (χ4n) is 4.10. The predicted molar refractivity (Wildman–Crippen MR) is 149 cm³/mol. The Bertz CT molecular complexity index is 1360. The molecule has 198 valence electrons. The second kappa shape index (κ2) is 11.9. The second-order valence-electron chi connectivity index (χ2n) is 8.90. The maximum absolute atomic E-state index is 12.0. The fraction of sp³-hybridized carbons (Fsp3) is 0.296. The molecule has 1 aliphatic rings. The van der Waals surface area contributed by atoms with Crippen molar-refractivity contribution in [3.05, 3.63) is 65.3 Å². The molecular formula is C27H30ClN7O3. The number of nitrogens with zero attached hydrogens (tertiary/aromatic N) is 5. The number of carbonyl (C=O) groups excluding carboxylic acids is 2. The smallest absolute Gasteiger partial charge is 0.229 e. The number of halogens is 1. The van der Waals surface area contributed by atoms with Gasteiger partial charge in [0.05, 0.1) is 13.3 Å². The van der Waals surface area contributed by atoms with Crippen molar-refractivity contribution < 1.29 is 14.3 Å². The number of allylic oxidation sites excluding steroid dienone is 1. The van der Waals surface area contributed by atoms with Crippen molar-refractivity contribution in [3.63, 3.8) is 0 Å². The summed E-state index contributed by atoms with van der Waals surface area (Å²) >= 11 is 6.41. The molecule has 2 N–H and O–H groups in total. The molecule has 1 fully saturated rings. The molecule has 0 bridgehead atoms. The van der Waals surface area contributed by atoms with Gasteiger partial charge in [0.1, 0.15) is 10.8 Å². The monoisotopic (exact) mass is 535 g/mol. The number of rotatable bonds is 9. The van der Waals surface area contributed by atoms with E-state index < -0.39 is 0 Å². The molecule has 0 aliphatic carbocycles. The number of nitrogens with one attached hydrogen (secondary N) is 2. The van der Waals surface area contributed by atoms with E-state index in [1.807, 2.05) is 36.1 Å². The summed E-state index contributed by atoms with van der Waals surface area (Å²) in [7, 11) is 1.56. The number of carbonyl (C=O) groups is 2. The molecule has 2 aromatic heterocycles. The van der Waals surface area contributed by atoms with E-state index in [9.17, 15) is 9.59 Å². The number of aromatic nitrogens is 3. The molecule has 4 rings (SSSR count). The number of anilines is 5. The Hall–Kier alpha value is -4.18. The van der Waals surface area contributed by atoms with Gasteiger partial charge in [0, 0.05) is 63.0 Å². The van der Waals surface area contributed by atoms with E-state index >= 15 is 0 Å². The van der Waals surface area contributed by atoms with E-state index in [4.69, 9.17) is 16.3 Å². The van der Waals surface area contributed by atoms with Crippen LogP contribution in [0.5, 0.6) is 5.88 Å². The minimum atomic E-state index is -0.0834. The van der Waals surface area contributed by atoms with E-state index in [1.165, 1.54) is 12.3 Å². The standard InChI is InChI=1S/C27H30ClN7O3/c1-5-21(37)13-19-12-17(2)6-7-23(19)31-26-22(28)16-29-27(33-26)30-20-14-24(32-25(15-20)38-4)35-10-8-34(9-11-35)18(3)36/h5-7,12,14-16H,1,8-11,13H2,2-4H3,(H2,29,30,31,32,33). The molecule has 1 aliphatic heterocycles. The highest BCUT2D eigenvalue weighted by Gasteiger charge is 2.21. The van der Waals surface area contributed by atoms with Crippen LogP contribution in [0.3, 0.4) is 0 Å². The molecule has 38 heavy (non-hydrogen) atoms. The van der Waals surface area contributed by atoms with Gasteiger partial charge >= 0.3 is 0 Å². The van der Waals surface area contributed by atoms with Crippen molar-refractivity contribution in [3.8, 4) is 5.88 Å². The van der Waals surface area contributed by atoms with E-state index in [0.717, 1.165) is 22.6 Å². The van der Waals surface area contributed by atoms with Gasteiger partial charge in [0.25, 0.3) is 0 Å². The number of methoxy groups -OCH3 is 1. The third-order valence-electron chi connectivity index (χ3n) is 6.15. The molecule has 0 unspecified atom stereocenters. The molecule has 1 amide bonds. The van der Waals surface area contributed by atoms with Gasteiger partial charge in [0.2, 0.25) is 17.7 Å². The molecular weight excluding hydrogens is 506 g/mol. The summed E-state index contributed by atoms with van der Waals surface area (Å²) in [5, 5.41) is 6.77. The molecule has 0 atom stereocenters. The first-order valence-corrected chi connectivity index (χ1v) is 12.5. The van der Waals surface area contributed by atoms with Crippen molar-refractivity contribution in [1.29, 1.82) is 0 Å². The highest BCUT2D eigenvalue weighted by Crippen LogP contribution is 2.29. The Kier molecular flexibility index (Phi) is 8.42. The van der Waals surface area contributed by atoms with Gasteiger partial charge in [-0.25, -0.2) is 4.98 Å². The summed E-state index contributed by atoms with van der Waals surface area (Å²) in [6.07, 6.45) is 3.02. The molecule has 10 nitrogen and oxygen atoms in total. The highest BCUT2D eigenvalue weighted by atomic mass is 35.5. The average Bonchev–Trinajstić information content (AvgIpc) is 2.91. The average molecular weight is 536 g/mol. The quantitative estimate of drug-likeness (QED) is 0.387. The predicted octanol–water partition coefficient (Wildman–Crippen LogP) is 4.30. The second-order valence-corrected chi connectivity index (χ2v) is 9.30. The van der Waals surface area contributed by atoms with Gasteiger partial charge in [0.15, 0.2) is 11.6 Å². The van der Waals surface area contributed by atoms with Crippen LogP contribution in [0, 0.1) is 6.92 Å². The van der Waals surface area contributed by atoms with Crippen LogP contribution in [0.15, 0.2) is 49.2 Å². The van der Waals surface area contributed by atoms with Crippen LogP contribution in [0.1, 0.15) is 18.1 Å². The zero-order valence-electron chi connectivity index (χ0n) is 21.6. The SMILES string of the molecule is C=CC(=O)Cc1cc(C)ccc1Nc1nc(Nc2cc(OC)nc(N3CCN(C(C)=O)CC3)c2)ncc1Cl. The summed E-state index contributed by atoms with van der Waals surface area (Å²) in [6.45, 7) is 9.70. The molecule has 3 heterocycles. The highest BCUT2D eigenvalue weighted by molar-refractivity contribution is 6.32. The number of benzene rings is 1. The van der Waals surface area contributed by atoms with Crippen molar-refractivity contribution in [2.75, 3.05) is 48.8 Å². The topological polar surface area (TPSA) is 113 Å². The van der Waals surface area contributed by atoms with Crippen LogP contribution in [0.25, 0.3) is 0 Å². The molecule has 1 saturated heterocycles. The lowest BCUT2D eigenvalue weighted by Crippen LogP contribution is -2.48. The van der Waals surface area contributed by atoms with Gasteiger partial charge in [-0.1, -0.05) is 35.9 Å². The normalized spacial score (nSPS) is 13.2. The summed E-state index contributed by atoms with van der Waals surface area (Å²) < 4.78 is 5.42. The number of ketones is 1. The van der Waals surface area contributed by atoms with Crippen LogP contribution in [-0.4, -0.2) is 64.8 Å². The van der Waals surface area contributed by atoms with Crippen molar-refractivity contribution >= 4 is 52.3 Å². The molecule has 0 radical (unpaired) electrons. The van der Waals surface area contributed by atoms with Crippen molar-refractivity contribution in [2.24, 2.45) is 0 Å². The Morgan fingerprint density at radius 3 is 2.58 bits per heavy atom. The number of hydrogen-bond acceptors (Lipinski definition) is 9. The largest absolute Gasteiger partial charge is 0.481 e. The van der Waals surface area contributed by atoms with Crippen LogP contribution < -0.4 is 20.3 Å². The summed E-state index contributed by atoms with van der Waals surface area (Å²) in [6, 6.07) is 9.41. The number of ether oxygens (including phenoxy) is 1. The summed E-state index contributed by atoms with van der Waals surface area (Å²) in [5.41, 5.74) is 3.24. The Labute approximate surface area is 226 Å². The number of amides is 1. The summed E-state index contributed by atoms with van der Waals surface area (Å²) in [4.78, 5) is 41.1. The van der Waals surface area contributed by atoms with Crippen molar-refractivity contribution in [2.45, 2.75) is 20.3 Å². The molecule has 3 aromatic rings. The molecule has 11 heteroatoms. The third kappa shape index (κ3) is 6.57. The zero-order chi connectivity index (χ0) is 27.2. The van der Waals surface area contributed by atoms with Crippen LogP contribution >= 0.6 is 11.6 Å². The van der Waals surface area contributed by atoms with E-state index in [2.05, 4.69) is 37.1 Å². The Morgan fingerprint density at radius 2 is 1.89 bits per heavy atom. The van der Waals surface area contributed by atoms with Gasteiger partial charge in [-0.15, -0.1) is 0 Å². The van der Waals surface area contributed by atoms with E-state index in [0.29, 0.717) is 54.5 Å². The summed E-state index contributed by atoms with van der Waals surface area (Å²) in [5.74, 6) is 1.84. The van der Waals surface area contributed by atoms with Gasteiger partial charge < -0.3 is 25.2 Å².